The molecule has 0 radical (unpaired) electrons. The summed E-state index contributed by atoms with van der Waals surface area (Å²) in [4.78, 5) is 11.1. The van der Waals surface area contributed by atoms with Crippen LogP contribution in [0.15, 0.2) is 0 Å². The van der Waals surface area contributed by atoms with Crippen molar-refractivity contribution in [2.24, 2.45) is 0 Å². The summed E-state index contributed by atoms with van der Waals surface area (Å²) in [7, 11) is -1.49. The van der Waals surface area contributed by atoms with Crippen molar-refractivity contribution in [2.75, 3.05) is 18.6 Å². The number of esters is 1. The molecule has 1 rings (SSSR count). The molecule has 1 fully saturated rings. The van der Waals surface area contributed by atoms with Crippen LogP contribution >= 0.6 is 0 Å². The third-order valence-corrected chi connectivity index (χ3v) is 4.31. The predicted octanol–water partition coefficient (Wildman–Crippen LogP) is -0.285. The molecule has 1 atom stereocenters. The Hall–Kier alpha value is -0.620. The normalized spacial score (nSPS) is 23.3. The molecule has 1 heterocycles. The average molecular weight is 235 g/mol. The summed E-state index contributed by atoms with van der Waals surface area (Å²) in [6, 6.07) is -0.275. The monoisotopic (exact) mass is 235 g/mol. The highest BCUT2D eigenvalue weighted by molar-refractivity contribution is 7.91. The Bertz CT molecular complexity index is 311. The Morgan fingerprint density at radius 1 is 1.40 bits per heavy atom. The molecule has 5 nitrogen and oxygen atoms in total. The fraction of sp³-hybridized carbons (Fsp3) is 0.889. The summed E-state index contributed by atoms with van der Waals surface area (Å²) >= 11 is 0. The van der Waals surface area contributed by atoms with Gasteiger partial charge in [0.2, 0.25) is 0 Å². The van der Waals surface area contributed by atoms with Crippen LogP contribution in [0.3, 0.4) is 0 Å². The standard InChI is InChI=1S/C9H17NO4S/c1-7(9(11)14-2)10-8-3-5-15(12,13)6-4-8/h7-8,10H,3-6H2,1-2H3/t7-/m0/s1. The van der Waals surface area contributed by atoms with Crippen molar-refractivity contribution in [3.05, 3.63) is 0 Å². The molecule has 0 aromatic heterocycles. The Morgan fingerprint density at radius 3 is 2.40 bits per heavy atom. The SMILES string of the molecule is COC(=O)[C@H](C)NC1CCS(=O)(=O)CC1. The number of carbonyl (C=O) groups is 1. The van der Waals surface area contributed by atoms with Gasteiger partial charge in [0.1, 0.15) is 15.9 Å². The van der Waals surface area contributed by atoms with Crippen molar-refractivity contribution in [1.82, 2.24) is 5.32 Å². The molecular formula is C9H17NO4S. The molecule has 1 aliphatic heterocycles. The van der Waals surface area contributed by atoms with Crippen molar-refractivity contribution < 1.29 is 17.9 Å². The minimum absolute atomic E-state index is 0.0997. The van der Waals surface area contributed by atoms with E-state index < -0.39 is 9.84 Å². The number of carbonyl (C=O) groups excluding carboxylic acids is 1. The number of hydrogen-bond acceptors (Lipinski definition) is 5. The maximum atomic E-state index is 11.2. The van der Waals surface area contributed by atoms with Gasteiger partial charge >= 0.3 is 5.97 Å². The van der Waals surface area contributed by atoms with Crippen LogP contribution in [0.4, 0.5) is 0 Å². The second kappa shape index (κ2) is 4.94. The van der Waals surface area contributed by atoms with Gasteiger partial charge < -0.3 is 10.1 Å². The Morgan fingerprint density at radius 2 is 1.93 bits per heavy atom. The van der Waals surface area contributed by atoms with Gasteiger partial charge in [-0.2, -0.15) is 0 Å². The van der Waals surface area contributed by atoms with Gasteiger partial charge in [-0.15, -0.1) is 0 Å². The quantitative estimate of drug-likeness (QED) is 0.681. The van der Waals surface area contributed by atoms with Gasteiger partial charge in [-0.3, -0.25) is 4.79 Å². The van der Waals surface area contributed by atoms with Crippen molar-refractivity contribution >= 4 is 15.8 Å². The fourth-order valence-electron chi connectivity index (χ4n) is 1.66. The van der Waals surface area contributed by atoms with Crippen molar-refractivity contribution in [3.8, 4) is 0 Å². The van der Waals surface area contributed by atoms with Crippen LogP contribution in [0.2, 0.25) is 0 Å². The number of methoxy groups -OCH3 is 1. The van der Waals surface area contributed by atoms with E-state index in [1.165, 1.54) is 7.11 Å². The van der Waals surface area contributed by atoms with Crippen LogP contribution in [0, 0.1) is 0 Å². The number of ether oxygens (including phenoxy) is 1. The van der Waals surface area contributed by atoms with E-state index in [4.69, 9.17) is 0 Å². The minimum atomic E-state index is -2.83. The lowest BCUT2D eigenvalue weighted by Gasteiger charge is -2.25. The summed E-state index contributed by atoms with van der Waals surface area (Å²) in [5.74, 6) is 0.0975. The Labute approximate surface area is 90.1 Å². The summed E-state index contributed by atoms with van der Waals surface area (Å²) in [5.41, 5.74) is 0. The molecule has 0 aromatic carbocycles. The van der Waals surface area contributed by atoms with E-state index in [9.17, 15) is 13.2 Å². The van der Waals surface area contributed by atoms with E-state index >= 15 is 0 Å². The zero-order valence-corrected chi connectivity index (χ0v) is 9.84. The number of hydrogen-bond donors (Lipinski definition) is 1. The van der Waals surface area contributed by atoms with Crippen molar-refractivity contribution in [1.29, 1.82) is 0 Å². The van der Waals surface area contributed by atoms with Crippen LogP contribution < -0.4 is 5.32 Å². The minimum Gasteiger partial charge on any atom is -0.468 e. The highest BCUT2D eigenvalue weighted by Crippen LogP contribution is 2.12. The molecule has 15 heavy (non-hydrogen) atoms. The van der Waals surface area contributed by atoms with Crippen molar-refractivity contribution in [3.63, 3.8) is 0 Å². The van der Waals surface area contributed by atoms with Crippen LogP contribution in [-0.2, 0) is 19.4 Å². The molecule has 1 N–H and O–H groups in total. The smallest absolute Gasteiger partial charge is 0.322 e. The first-order chi connectivity index (χ1) is 6.94. The summed E-state index contributed by atoms with van der Waals surface area (Å²) < 4.78 is 26.9. The molecule has 0 bridgehead atoms. The average Bonchev–Trinajstić information content (AvgIpc) is 2.20. The van der Waals surface area contributed by atoms with E-state index in [1.54, 1.807) is 6.92 Å². The maximum Gasteiger partial charge on any atom is 0.322 e. The van der Waals surface area contributed by atoms with Gasteiger partial charge in [-0.05, 0) is 19.8 Å². The first kappa shape index (κ1) is 12.4. The van der Waals surface area contributed by atoms with E-state index in [-0.39, 0.29) is 29.6 Å². The van der Waals surface area contributed by atoms with E-state index in [0.717, 1.165) is 0 Å². The summed E-state index contributed by atoms with van der Waals surface area (Å²) in [6.07, 6.45) is 1.15. The topological polar surface area (TPSA) is 72.5 Å². The first-order valence-electron chi connectivity index (χ1n) is 4.99. The van der Waals surface area contributed by atoms with E-state index in [0.29, 0.717) is 12.8 Å². The number of sulfone groups is 1. The molecule has 0 saturated carbocycles. The first-order valence-corrected chi connectivity index (χ1v) is 6.81. The molecule has 0 unspecified atom stereocenters. The highest BCUT2D eigenvalue weighted by Gasteiger charge is 2.26. The number of nitrogens with one attached hydrogen (secondary N) is 1. The molecular weight excluding hydrogens is 218 g/mol. The van der Waals surface area contributed by atoms with Gasteiger partial charge in [0.15, 0.2) is 0 Å². The second-order valence-corrected chi connectivity index (χ2v) is 6.14. The summed E-state index contributed by atoms with van der Waals surface area (Å²) in [5, 5.41) is 3.07. The molecule has 0 amide bonds. The lowest BCUT2D eigenvalue weighted by atomic mass is 10.1. The van der Waals surface area contributed by atoms with E-state index in [1.807, 2.05) is 0 Å². The molecule has 88 valence electrons. The van der Waals surface area contributed by atoms with Gasteiger partial charge in [-0.1, -0.05) is 0 Å². The third-order valence-electron chi connectivity index (χ3n) is 2.60. The molecule has 0 aromatic rings. The van der Waals surface area contributed by atoms with Crippen LogP contribution in [0.25, 0.3) is 0 Å². The maximum absolute atomic E-state index is 11.2. The van der Waals surface area contributed by atoms with E-state index in [2.05, 4.69) is 10.1 Å². The zero-order valence-electron chi connectivity index (χ0n) is 9.02. The Balaban J connectivity index is 2.39. The van der Waals surface area contributed by atoms with Gasteiger partial charge in [0.05, 0.1) is 18.6 Å². The van der Waals surface area contributed by atoms with Gasteiger partial charge in [0, 0.05) is 6.04 Å². The van der Waals surface area contributed by atoms with Gasteiger partial charge in [-0.25, -0.2) is 8.42 Å². The molecule has 1 aliphatic rings. The molecule has 1 saturated heterocycles. The zero-order chi connectivity index (χ0) is 11.5. The molecule has 0 spiro atoms. The lowest BCUT2D eigenvalue weighted by Crippen LogP contribution is -2.45. The Kier molecular flexibility index (Phi) is 4.10. The largest absolute Gasteiger partial charge is 0.468 e. The predicted molar refractivity (Wildman–Crippen MR) is 56.3 cm³/mol. The molecule has 6 heteroatoms. The van der Waals surface area contributed by atoms with Crippen LogP contribution in [-0.4, -0.2) is 45.1 Å². The van der Waals surface area contributed by atoms with Gasteiger partial charge in [0.25, 0.3) is 0 Å². The third kappa shape index (κ3) is 3.79. The second-order valence-electron chi connectivity index (χ2n) is 3.84. The van der Waals surface area contributed by atoms with Crippen LogP contribution in [0.1, 0.15) is 19.8 Å². The molecule has 0 aliphatic carbocycles. The summed E-state index contributed by atoms with van der Waals surface area (Å²) in [6.45, 7) is 1.72. The van der Waals surface area contributed by atoms with Crippen molar-refractivity contribution in [2.45, 2.75) is 31.8 Å². The highest BCUT2D eigenvalue weighted by atomic mass is 32.2. The number of rotatable bonds is 3. The lowest BCUT2D eigenvalue weighted by molar-refractivity contribution is -0.142. The van der Waals surface area contributed by atoms with Crippen LogP contribution in [0.5, 0.6) is 0 Å². The fourth-order valence-corrected chi connectivity index (χ4v) is 3.15.